The summed E-state index contributed by atoms with van der Waals surface area (Å²) in [5.74, 6) is 0. The van der Waals surface area contributed by atoms with E-state index in [2.05, 4.69) is 0 Å². The first-order valence-electron chi connectivity index (χ1n) is 0.913. The molecule has 0 rings (SSSR count). The van der Waals surface area contributed by atoms with Gasteiger partial charge in [-0.15, -0.1) is 0 Å². The minimum Gasteiger partial charge on any atom is 0 e. The van der Waals surface area contributed by atoms with Crippen molar-refractivity contribution in [3.05, 3.63) is 0 Å². The molecule has 0 amide bonds. The average Bonchev–Trinajstić information content (AvgIpc) is 0.650. The van der Waals surface area contributed by atoms with E-state index in [1.165, 1.54) is 0 Å². The molecule has 0 aromatic rings. The van der Waals surface area contributed by atoms with Gasteiger partial charge in [0.05, 0.1) is 0 Å². The molecule has 40 valence electrons. The third-order valence-corrected chi connectivity index (χ3v) is 0. The molecule has 0 aliphatic carbocycles. The fourth-order valence-electron chi connectivity index (χ4n) is 0. The second-order valence-corrected chi connectivity index (χ2v) is 6.10. The summed E-state index contributed by atoms with van der Waals surface area (Å²) < 4.78 is 43.4. The summed E-state index contributed by atoms with van der Waals surface area (Å²) in [7, 11) is 0. The first-order valence-corrected chi connectivity index (χ1v) is 7.47. The van der Waals surface area contributed by atoms with E-state index < -0.39 is 15.7 Å². The van der Waals surface area contributed by atoms with Gasteiger partial charge in [0.1, 0.15) is 0 Å². The Bertz CT molecular complexity index is 278. The van der Waals surface area contributed by atoms with Crippen molar-refractivity contribution in [2.45, 2.75) is 0 Å². The number of rotatable bonds is 0. The third-order valence-electron chi connectivity index (χ3n) is 0. The summed E-state index contributed by atoms with van der Waals surface area (Å²) >= 11 is -8.05. The largest absolute Gasteiger partial charge is 0 e. The maximum absolute atomic E-state index is 8.67. The Labute approximate surface area is 50.6 Å². The zero-order valence-electron chi connectivity index (χ0n) is 2.94. The molecule has 0 aliphatic rings. The second kappa shape index (κ2) is 1.68. The Morgan fingerprint density at radius 3 is 0.714 bits per heavy atom. The first kappa shape index (κ1) is 10.3. The summed E-state index contributed by atoms with van der Waals surface area (Å²) in [6.45, 7) is 0. The number of hydrogen-bond acceptors (Lipinski definition) is 5. The quantitative estimate of drug-likeness (QED) is 0.596. The van der Waals surface area contributed by atoms with Crippen LogP contribution in [0.1, 0.15) is 0 Å². The number of hydrogen-bond donors (Lipinski definition) is 0. The van der Waals surface area contributed by atoms with Crippen LogP contribution in [-0.4, -0.2) is 0 Å². The first-order chi connectivity index (χ1) is 2.24. The monoisotopic (exact) mass is 312 g/mol. The predicted octanol–water partition coefficient (Wildman–Crippen LogP) is -0.599. The summed E-state index contributed by atoms with van der Waals surface area (Å²) in [4.78, 5) is 0. The van der Waals surface area contributed by atoms with Crippen LogP contribution < -0.4 is 0 Å². The van der Waals surface area contributed by atoms with Crippen LogP contribution in [0.2, 0.25) is 0 Å². The van der Waals surface area contributed by atoms with Crippen LogP contribution in [0.25, 0.3) is 0 Å². The van der Waals surface area contributed by atoms with Crippen molar-refractivity contribution in [3.8, 4) is 0 Å². The van der Waals surface area contributed by atoms with E-state index in [1.807, 2.05) is 0 Å². The van der Waals surface area contributed by atoms with Crippen molar-refractivity contribution in [1.82, 2.24) is 0 Å². The minimum absolute atomic E-state index is 0. The molecule has 0 spiro atoms. The second-order valence-electron chi connectivity index (χ2n) is 0.745. The van der Waals surface area contributed by atoms with Crippen LogP contribution in [0.5, 0.6) is 0 Å². The molecule has 0 saturated heterocycles. The molecule has 0 aromatic carbocycles. The van der Waals surface area contributed by atoms with Gasteiger partial charge in [0.15, 0.2) is 0 Å². The molecule has 0 atom stereocenters. The molecular formula is O5TaV. The molecule has 0 aromatic heterocycles. The van der Waals surface area contributed by atoms with E-state index in [1.54, 1.807) is 0 Å². The normalized spacial score (nSPS) is 8.57. The molecule has 0 heterocycles. The molecule has 7 heavy (non-hydrogen) atoms. The molecule has 0 aliphatic heterocycles. The van der Waals surface area contributed by atoms with Crippen molar-refractivity contribution < 1.29 is 50.5 Å². The topological polar surface area (TPSA) is 85.3 Å². The molecule has 7 heteroatoms. The summed E-state index contributed by atoms with van der Waals surface area (Å²) in [5, 5.41) is 0. The Balaban J connectivity index is 0. The SMILES string of the molecule is [O]=[Ta](=[O])(=[O])(=[O])=[O].[V]. The Hall–Kier alpha value is 0.325. The molecule has 0 bridgehead atoms. The van der Waals surface area contributed by atoms with Gasteiger partial charge in [-0.1, -0.05) is 0 Å². The molecule has 1 radical (unpaired) electrons. The van der Waals surface area contributed by atoms with Crippen molar-refractivity contribution in [1.29, 1.82) is 0 Å². The van der Waals surface area contributed by atoms with Crippen molar-refractivity contribution in [3.63, 3.8) is 0 Å². The molecule has 0 unspecified atom stereocenters. The summed E-state index contributed by atoms with van der Waals surface area (Å²) in [6.07, 6.45) is 0. The molecule has 0 saturated carbocycles. The van der Waals surface area contributed by atoms with E-state index in [0.29, 0.717) is 0 Å². The van der Waals surface area contributed by atoms with E-state index >= 15 is 0 Å². The zero-order chi connectivity index (χ0) is 5.45. The van der Waals surface area contributed by atoms with Gasteiger partial charge in [-0.2, -0.15) is 0 Å². The van der Waals surface area contributed by atoms with Crippen molar-refractivity contribution in [2.24, 2.45) is 0 Å². The predicted molar refractivity (Wildman–Crippen MR) is 3.43 cm³/mol. The maximum atomic E-state index is 8.67. The zero-order valence-corrected chi connectivity index (χ0v) is 7.55. The smallest absolute Gasteiger partial charge is 0 e. The van der Waals surface area contributed by atoms with Crippen LogP contribution in [0.4, 0.5) is 0 Å². The van der Waals surface area contributed by atoms with Crippen LogP contribution in [0, 0.1) is 0 Å². The van der Waals surface area contributed by atoms with E-state index in [4.69, 9.17) is 16.3 Å². The molecule has 0 N–H and O–H groups in total. The van der Waals surface area contributed by atoms with Gasteiger partial charge in [-0.3, -0.25) is 0 Å². The fraction of sp³-hybridized carbons (Fsp3) is 0. The van der Waals surface area contributed by atoms with Gasteiger partial charge in [0.2, 0.25) is 0 Å². The van der Waals surface area contributed by atoms with Crippen molar-refractivity contribution in [2.75, 3.05) is 0 Å². The van der Waals surface area contributed by atoms with Gasteiger partial charge in [-0.05, 0) is 0 Å². The Kier molecular flexibility index (Phi) is 2.48. The average molecular weight is 312 g/mol. The van der Waals surface area contributed by atoms with E-state index in [0.717, 1.165) is 0 Å². The van der Waals surface area contributed by atoms with Crippen molar-refractivity contribution >= 4 is 0 Å². The maximum Gasteiger partial charge on any atom is 0 e. The third kappa shape index (κ3) is 1120. The van der Waals surface area contributed by atoms with E-state index in [9.17, 15) is 0 Å². The minimum atomic E-state index is -8.05. The van der Waals surface area contributed by atoms with Crippen LogP contribution in [-0.2, 0) is 50.5 Å². The van der Waals surface area contributed by atoms with Crippen LogP contribution >= 0.6 is 0 Å². The standard InChI is InChI=1S/5O.Ta.V. The van der Waals surface area contributed by atoms with Gasteiger partial charge in [0.25, 0.3) is 0 Å². The van der Waals surface area contributed by atoms with Gasteiger partial charge in [-0.25, -0.2) is 0 Å². The molecular weight excluding hydrogens is 312 g/mol. The fourth-order valence-corrected chi connectivity index (χ4v) is 0. The Morgan fingerprint density at radius 1 is 0.714 bits per heavy atom. The molecule has 5 nitrogen and oxygen atoms in total. The van der Waals surface area contributed by atoms with Crippen LogP contribution in [0.3, 0.4) is 0 Å². The van der Waals surface area contributed by atoms with Crippen LogP contribution in [0.15, 0.2) is 0 Å². The Morgan fingerprint density at radius 2 is 0.714 bits per heavy atom. The summed E-state index contributed by atoms with van der Waals surface area (Å²) in [5.41, 5.74) is 0. The van der Waals surface area contributed by atoms with E-state index in [-0.39, 0.29) is 18.6 Å². The van der Waals surface area contributed by atoms with Gasteiger partial charge >= 0.3 is 31.9 Å². The van der Waals surface area contributed by atoms with Gasteiger partial charge < -0.3 is 0 Å². The molecule has 0 fully saturated rings. The summed E-state index contributed by atoms with van der Waals surface area (Å²) in [6, 6.07) is 0. The van der Waals surface area contributed by atoms with Gasteiger partial charge in [0, 0.05) is 18.6 Å².